The number of nitrogens with one attached hydrogen (secondary N) is 1. The first kappa shape index (κ1) is 17.8. The normalized spacial score (nSPS) is 10.3. The standard InChI is InChI=1S/C14H18Cl2N2O3/c1-10(19)18(7-5-14(20)17-6-8-21-2)11-3-4-12(15)13(16)9-11/h3-4,9H,5-8H2,1-2H3,(H,17,20). The van der Waals surface area contributed by atoms with E-state index >= 15 is 0 Å². The van der Waals surface area contributed by atoms with Gasteiger partial charge in [0.2, 0.25) is 11.8 Å². The number of halogens is 2. The molecule has 5 nitrogen and oxygen atoms in total. The summed E-state index contributed by atoms with van der Waals surface area (Å²) >= 11 is 11.8. The molecule has 1 rings (SSSR count). The van der Waals surface area contributed by atoms with Crippen LogP contribution >= 0.6 is 23.2 Å². The topological polar surface area (TPSA) is 58.6 Å². The van der Waals surface area contributed by atoms with E-state index in [-0.39, 0.29) is 24.8 Å². The van der Waals surface area contributed by atoms with Crippen molar-refractivity contribution < 1.29 is 14.3 Å². The Morgan fingerprint density at radius 1 is 1.29 bits per heavy atom. The van der Waals surface area contributed by atoms with Gasteiger partial charge in [0, 0.05) is 39.2 Å². The average Bonchev–Trinajstić information content (AvgIpc) is 2.43. The maximum atomic E-state index is 11.7. The maximum Gasteiger partial charge on any atom is 0.223 e. The number of amides is 2. The highest BCUT2D eigenvalue weighted by Gasteiger charge is 2.14. The predicted molar refractivity (Wildman–Crippen MR) is 84.0 cm³/mol. The van der Waals surface area contributed by atoms with Gasteiger partial charge in [-0.2, -0.15) is 0 Å². The molecule has 0 radical (unpaired) electrons. The Balaban J connectivity index is 2.64. The second-order valence-electron chi connectivity index (χ2n) is 4.36. The molecule has 1 N–H and O–H groups in total. The molecule has 7 heteroatoms. The number of rotatable bonds is 7. The Morgan fingerprint density at radius 3 is 2.57 bits per heavy atom. The van der Waals surface area contributed by atoms with Crippen molar-refractivity contribution in [3.05, 3.63) is 28.2 Å². The van der Waals surface area contributed by atoms with Crippen molar-refractivity contribution >= 4 is 40.7 Å². The van der Waals surface area contributed by atoms with Gasteiger partial charge in [0.1, 0.15) is 0 Å². The van der Waals surface area contributed by atoms with Crippen LogP contribution in [0.2, 0.25) is 10.0 Å². The summed E-state index contributed by atoms with van der Waals surface area (Å²) in [6, 6.07) is 4.92. The molecule has 0 fully saturated rings. The molecule has 21 heavy (non-hydrogen) atoms. The van der Waals surface area contributed by atoms with E-state index in [1.54, 1.807) is 25.3 Å². The molecule has 1 aromatic rings. The van der Waals surface area contributed by atoms with Crippen molar-refractivity contribution in [2.45, 2.75) is 13.3 Å². The molecule has 0 saturated carbocycles. The number of methoxy groups -OCH3 is 1. The van der Waals surface area contributed by atoms with Gasteiger partial charge in [0.05, 0.1) is 16.7 Å². The van der Waals surface area contributed by atoms with Crippen molar-refractivity contribution in [2.24, 2.45) is 0 Å². The quantitative estimate of drug-likeness (QED) is 0.780. The fourth-order valence-electron chi connectivity index (χ4n) is 1.72. The molecule has 116 valence electrons. The van der Waals surface area contributed by atoms with E-state index in [9.17, 15) is 9.59 Å². The lowest BCUT2D eigenvalue weighted by Gasteiger charge is -2.21. The summed E-state index contributed by atoms with van der Waals surface area (Å²) in [7, 11) is 1.56. The number of hydrogen-bond acceptors (Lipinski definition) is 3. The highest BCUT2D eigenvalue weighted by atomic mass is 35.5. The number of hydrogen-bond donors (Lipinski definition) is 1. The minimum Gasteiger partial charge on any atom is -0.383 e. The summed E-state index contributed by atoms with van der Waals surface area (Å²) in [5.74, 6) is -0.309. The largest absolute Gasteiger partial charge is 0.383 e. The van der Waals surface area contributed by atoms with Crippen molar-refractivity contribution in [1.82, 2.24) is 5.32 Å². The molecule has 0 bridgehead atoms. The van der Waals surface area contributed by atoms with E-state index in [4.69, 9.17) is 27.9 Å². The van der Waals surface area contributed by atoms with Crippen molar-refractivity contribution in [2.75, 3.05) is 31.7 Å². The molecular weight excluding hydrogens is 315 g/mol. The zero-order valence-electron chi connectivity index (χ0n) is 12.0. The zero-order chi connectivity index (χ0) is 15.8. The number of carbonyl (C=O) groups is 2. The summed E-state index contributed by atoms with van der Waals surface area (Å²) in [5.41, 5.74) is 0.613. The molecule has 0 heterocycles. The molecule has 1 aromatic carbocycles. The summed E-state index contributed by atoms with van der Waals surface area (Å²) in [4.78, 5) is 24.8. The van der Waals surface area contributed by atoms with Gasteiger partial charge in [-0.25, -0.2) is 0 Å². The lowest BCUT2D eigenvalue weighted by Crippen LogP contribution is -2.34. The molecule has 0 saturated heterocycles. The third kappa shape index (κ3) is 5.91. The molecule has 0 unspecified atom stereocenters. The Labute approximate surface area is 134 Å². The van der Waals surface area contributed by atoms with Crippen LogP contribution < -0.4 is 10.2 Å². The van der Waals surface area contributed by atoms with Crippen molar-refractivity contribution in [3.8, 4) is 0 Å². The molecule has 0 aliphatic rings. The first-order valence-corrected chi connectivity index (χ1v) is 7.20. The van der Waals surface area contributed by atoms with Gasteiger partial charge >= 0.3 is 0 Å². The van der Waals surface area contributed by atoms with Crippen LogP contribution in [0.4, 0.5) is 5.69 Å². The molecule has 2 amide bonds. The SMILES string of the molecule is COCCNC(=O)CCN(C(C)=O)c1ccc(Cl)c(Cl)c1. The second kappa shape index (κ2) is 8.87. The maximum absolute atomic E-state index is 11.7. The van der Waals surface area contributed by atoms with Crippen LogP contribution in [0.15, 0.2) is 18.2 Å². The lowest BCUT2D eigenvalue weighted by molar-refractivity contribution is -0.121. The van der Waals surface area contributed by atoms with E-state index in [0.717, 1.165) is 0 Å². The van der Waals surface area contributed by atoms with E-state index in [1.807, 2.05) is 0 Å². The Kier molecular flexibility index (Phi) is 7.50. The first-order chi connectivity index (χ1) is 9.95. The van der Waals surface area contributed by atoms with Crippen LogP contribution in [0.3, 0.4) is 0 Å². The molecule has 0 aromatic heterocycles. The molecule has 0 atom stereocenters. The third-order valence-corrected chi connectivity index (χ3v) is 3.52. The third-order valence-electron chi connectivity index (χ3n) is 2.79. The van der Waals surface area contributed by atoms with Crippen LogP contribution in [0.25, 0.3) is 0 Å². The fraction of sp³-hybridized carbons (Fsp3) is 0.429. The smallest absolute Gasteiger partial charge is 0.223 e. The van der Waals surface area contributed by atoms with Gasteiger partial charge in [-0.1, -0.05) is 23.2 Å². The Morgan fingerprint density at radius 2 is 2.00 bits per heavy atom. The van der Waals surface area contributed by atoms with Gasteiger partial charge in [0.15, 0.2) is 0 Å². The summed E-state index contributed by atoms with van der Waals surface area (Å²) in [6.07, 6.45) is 0.198. The van der Waals surface area contributed by atoms with E-state index in [2.05, 4.69) is 5.32 Å². The average molecular weight is 333 g/mol. The zero-order valence-corrected chi connectivity index (χ0v) is 13.5. The van der Waals surface area contributed by atoms with Crippen LogP contribution in [0, 0.1) is 0 Å². The number of benzene rings is 1. The first-order valence-electron chi connectivity index (χ1n) is 6.44. The van der Waals surface area contributed by atoms with Crippen molar-refractivity contribution in [1.29, 1.82) is 0 Å². The van der Waals surface area contributed by atoms with Crippen LogP contribution in [-0.2, 0) is 14.3 Å². The van der Waals surface area contributed by atoms with Crippen molar-refractivity contribution in [3.63, 3.8) is 0 Å². The van der Waals surface area contributed by atoms with Crippen LogP contribution in [-0.4, -0.2) is 38.6 Å². The second-order valence-corrected chi connectivity index (χ2v) is 5.18. The number of anilines is 1. The van der Waals surface area contributed by atoms with Crippen LogP contribution in [0.1, 0.15) is 13.3 Å². The van der Waals surface area contributed by atoms with Gasteiger partial charge in [-0.15, -0.1) is 0 Å². The Hall–Kier alpha value is -1.30. The fourth-order valence-corrected chi connectivity index (χ4v) is 2.01. The number of carbonyl (C=O) groups excluding carboxylic acids is 2. The molecule has 0 aliphatic heterocycles. The highest BCUT2D eigenvalue weighted by molar-refractivity contribution is 6.42. The summed E-state index contributed by atoms with van der Waals surface area (Å²) in [6.45, 7) is 2.61. The summed E-state index contributed by atoms with van der Waals surface area (Å²) in [5, 5.41) is 3.48. The van der Waals surface area contributed by atoms with Gasteiger partial charge in [-0.3, -0.25) is 9.59 Å². The minimum absolute atomic E-state index is 0.140. The van der Waals surface area contributed by atoms with Crippen LogP contribution in [0.5, 0.6) is 0 Å². The Bertz CT molecular complexity index is 509. The molecular formula is C14H18Cl2N2O3. The molecule has 0 aliphatic carbocycles. The van der Waals surface area contributed by atoms with Gasteiger partial charge < -0.3 is 15.0 Å². The number of ether oxygens (including phenoxy) is 1. The minimum atomic E-state index is -0.168. The number of nitrogens with zero attached hydrogens (tertiary/aromatic N) is 1. The molecule has 0 spiro atoms. The van der Waals surface area contributed by atoms with Gasteiger partial charge in [0.25, 0.3) is 0 Å². The lowest BCUT2D eigenvalue weighted by atomic mass is 10.2. The van der Waals surface area contributed by atoms with E-state index in [0.29, 0.717) is 28.9 Å². The predicted octanol–water partition coefficient (Wildman–Crippen LogP) is 2.50. The van der Waals surface area contributed by atoms with E-state index in [1.165, 1.54) is 11.8 Å². The van der Waals surface area contributed by atoms with Gasteiger partial charge in [-0.05, 0) is 18.2 Å². The summed E-state index contributed by atoms with van der Waals surface area (Å²) < 4.78 is 4.84. The van der Waals surface area contributed by atoms with E-state index < -0.39 is 0 Å². The monoisotopic (exact) mass is 332 g/mol. The highest BCUT2D eigenvalue weighted by Crippen LogP contribution is 2.27.